The van der Waals surface area contributed by atoms with Crippen molar-refractivity contribution in [1.82, 2.24) is 9.80 Å². The first-order chi connectivity index (χ1) is 11.6. The molecule has 0 aromatic heterocycles. The number of halogens is 2. The quantitative estimate of drug-likeness (QED) is 0.742. The summed E-state index contributed by atoms with van der Waals surface area (Å²) in [6, 6.07) is 4.17. The zero-order chi connectivity index (χ0) is 18.8. The van der Waals surface area contributed by atoms with E-state index in [9.17, 15) is 14.0 Å². The van der Waals surface area contributed by atoms with Gasteiger partial charge in [0, 0.05) is 30.1 Å². The van der Waals surface area contributed by atoms with Crippen molar-refractivity contribution >= 4 is 27.9 Å². The SMILES string of the molecule is CC1CN(C(=O)Cc2cc(F)ccc2Br)CCN1C(=O)OC(C)(C)C. The number of hydrogen-bond acceptors (Lipinski definition) is 3. The molecule has 1 fully saturated rings. The molecule has 1 saturated heterocycles. The van der Waals surface area contributed by atoms with Crippen molar-refractivity contribution in [3.05, 3.63) is 34.1 Å². The highest BCUT2D eigenvalue weighted by molar-refractivity contribution is 9.10. The fourth-order valence-corrected chi connectivity index (χ4v) is 3.12. The van der Waals surface area contributed by atoms with Crippen molar-refractivity contribution in [3.63, 3.8) is 0 Å². The van der Waals surface area contributed by atoms with Gasteiger partial charge in [0.15, 0.2) is 0 Å². The Balaban J connectivity index is 1.97. The largest absolute Gasteiger partial charge is 0.444 e. The van der Waals surface area contributed by atoms with Gasteiger partial charge in [-0.05, 0) is 51.5 Å². The Morgan fingerprint density at radius 3 is 2.60 bits per heavy atom. The van der Waals surface area contributed by atoms with Crippen LogP contribution in [0.3, 0.4) is 0 Å². The molecular formula is C18H24BrFN2O3. The van der Waals surface area contributed by atoms with E-state index in [-0.39, 0.29) is 30.3 Å². The summed E-state index contributed by atoms with van der Waals surface area (Å²) < 4.78 is 19.5. The molecule has 5 nitrogen and oxygen atoms in total. The lowest BCUT2D eigenvalue weighted by molar-refractivity contribution is -0.133. The highest BCUT2D eigenvalue weighted by atomic mass is 79.9. The maximum atomic E-state index is 13.4. The van der Waals surface area contributed by atoms with Crippen LogP contribution in [0, 0.1) is 5.82 Å². The summed E-state index contributed by atoms with van der Waals surface area (Å²) in [4.78, 5) is 28.1. The molecule has 7 heteroatoms. The number of piperazine rings is 1. The average molecular weight is 415 g/mol. The molecule has 1 aliphatic heterocycles. The molecule has 1 atom stereocenters. The Morgan fingerprint density at radius 2 is 2.00 bits per heavy atom. The first kappa shape index (κ1) is 19.7. The molecule has 0 bridgehead atoms. The van der Waals surface area contributed by atoms with Crippen LogP contribution >= 0.6 is 15.9 Å². The number of amides is 2. The number of carbonyl (C=O) groups is 2. The Hall–Kier alpha value is -1.63. The van der Waals surface area contributed by atoms with Gasteiger partial charge in [0.1, 0.15) is 11.4 Å². The topological polar surface area (TPSA) is 49.9 Å². The molecular weight excluding hydrogens is 391 g/mol. The van der Waals surface area contributed by atoms with Gasteiger partial charge in [-0.2, -0.15) is 0 Å². The second-order valence-corrected chi connectivity index (χ2v) is 8.13. The second-order valence-electron chi connectivity index (χ2n) is 7.28. The van der Waals surface area contributed by atoms with Crippen molar-refractivity contribution in [2.24, 2.45) is 0 Å². The highest BCUT2D eigenvalue weighted by Gasteiger charge is 2.32. The zero-order valence-electron chi connectivity index (χ0n) is 15.0. The van der Waals surface area contributed by atoms with Crippen molar-refractivity contribution in [3.8, 4) is 0 Å². The molecule has 25 heavy (non-hydrogen) atoms. The van der Waals surface area contributed by atoms with Crippen LogP contribution in [0.1, 0.15) is 33.3 Å². The molecule has 0 N–H and O–H groups in total. The van der Waals surface area contributed by atoms with E-state index < -0.39 is 5.60 Å². The zero-order valence-corrected chi connectivity index (χ0v) is 16.6. The molecule has 0 saturated carbocycles. The summed E-state index contributed by atoms with van der Waals surface area (Å²) in [6.45, 7) is 8.67. The fourth-order valence-electron chi connectivity index (χ4n) is 2.73. The third kappa shape index (κ3) is 5.42. The van der Waals surface area contributed by atoms with Crippen molar-refractivity contribution in [2.75, 3.05) is 19.6 Å². The molecule has 1 aromatic carbocycles. The summed E-state index contributed by atoms with van der Waals surface area (Å²) in [5.74, 6) is -0.448. The van der Waals surface area contributed by atoms with Crippen LogP contribution in [-0.4, -0.2) is 53.1 Å². The summed E-state index contributed by atoms with van der Waals surface area (Å²) in [6.07, 6.45) is -0.239. The first-order valence-electron chi connectivity index (χ1n) is 8.28. The highest BCUT2D eigenvalue weighted by Crippen LogP contribution is 2.21. The van der Waals surface area contributed by atoms with Gasteiger partial charge in [-0.3, -0.25) is 4.79 Å². The lowest BCUT2D eigenvalue weighted by Gasteiger charge is -2.40. The lowest BCUT2D eigenvalue weighted by atomic mass is 10.1. The number of ether oxygens (including phenoxy) is 1. The minimum absolute atomic E-state index is 0.0815. The summed E-state index contributed by atoms with van der Waals surface area (Å²) in [5, 5.41) is 0. The molecule has 2 rings (SSSR count). The van der Waals surface area contributed by atoms with Gasteiger partial charge in [0.25, 0.3) is 0 Å². The molecule has 0 radical (unpaired) electrons. The predicted molar refractivity (Wildman–Crippen MR) is 96.8 cm³/mol. The Labute approximate surface area is 156 Å². The van der Waals surface area contributed by atoms with Gasteiger partial charge in [-0.15, -0.1) is 0 Å². The fraction of sp³-hybridized carbons (Fsp3) is 0.556. The number of hydrogen-bond donors (Lipinski definition) is 0. The Morgan fingerprint density at radius 1 is 1.32 bits per heavy atom. The van der Waals surface area contributed by atoms with Crippen LogP contribution in [-0.2, 0) is 16.0 Å². The third-order valence-electron chi connectivity index (χ3n) is 3.96. The molecule has 0 spiro atoms. The Bertz CT molecular complexity index is 660. The van der Waals surface area contributed by atoms with Gasteiger partial charge >= 0.3 is 6.09 Å². The van der Waals surface area contributed by atoms with Crippen molar-refractivity contribution in [1.29, 1.82) is 0 Å². The number of carbonyl (C=O) groups excluding carboxylic acids is 2. The van der Waals surface area contributed by atoms with E-state index in [4.69, 9.17) is 4.74 Å². The molecule has 138 valence electrons. The van der Waals surface area contributed by atoms with E-state index in [1.165, 1.54) is 12.1 Å². The Kier molecular flexibility index (Phi) is 6.08. The van der Waals surface area contributed by atoms with Crippen LogP contribution in [0.4, 0.5) is 9.18 Å². The molecule has 1 unspecified atom stereocenters. The minimum Gasteiger partial charge on any atom is -0.444 e. The number of nitrogens with zero attached hydrogens (tertiary/aromatic N) is 2. The number of rotatable bonds is 2. The van der Waals surface area contributed by atoms with Gasteiger partial charge in [-0.1, -0.05) is 15.9 Å². The minimum atomic E-state index is -0.548. The van der Waals surface area contributed by atoms with Crippen LogP contribution in [0.25, 0.3) is 0 Å². The standard InChI is InChI=1S/C18H24BrFN2O3/c1-12-11-21(7-8-22(12)17(24)25-18(2,3)4)16(23)10-13-9-14(20)5-6-15(13)19/h5-6,9,12H,7-8,10-11H2,1-4H3. The van der Waals surface area contributed by atoms with E-state index in [1.54, 1.807) is 15.9 Å². The normalized spacial score (nSPS) is 18.2. The molecule has 2 amide bonds. The second kappa shape index (κ2) is 7.72. The number of benzene rings is 1. The molecule has 1 heterocycles. The van der Waals surface area contributed by atoms with Gasteiger partial charge in [0.2, 0.25) is 5.91 Å². The van der Waals surface area contributed by atoms with Gasteiger partial charge < -0.3 is 14.5 Å². The van der Waals surface area contributed by atoms with E-state index in [0.29, 0.717) is 29.7 Å². The third-order valence-corrected chi connectivity index (χ3v) is 4.73. The molecule has 1 aromatic rings. The van der Waals surface area contributed by atoms with Crippen molar-refractivity contribution in [2.45, 2.75) is 45.8 Å². The van der Waals surface area contributed by atoms with E-state index in [2.05, 4.69) is 15.9 Å². The van der Waals surface area contributed by atoms with Crippen molar-refractivity contribution < 1.29 is 18.7 Å². The summed E-state index contributed by atoms with van der Waals surface area (Å²) in [7, 11) is 0. The first-order valence-corrected chi connectivity index (χ1v) is 9.07. The maximum Gasteiger partial charge on any atom is 0.410 e. The summed E-state index contributed by atoms with van der Waals surface area (Å²) in [5.41, 5.74) is 0.0696. The van der Waals surface area contributed by atoms with E-state index >= 15 is 0 Å². The van der Waals surface area contributed by atoms with Crippen LogP contribution in [0.2, 0.25) is 0 Å². The van der Waals surface area contributed by atoms with Gasteiger partial charge in [0.05, 0.1) is 6.42 Å². The van der Waals surface area contributed by atoms with E-state index in [0.717, 1.165) is 0 Å². The smallest absolute Gasteiger partial charge is 0.410 e. The van der Waals surface area contributed by atoms with Gasteiger partial charge in [-0.25, -0.2) is 9.18 Å². The average Bonchev–Trinajstić information content (AvgIpc) is 2.48. The summed E-state index contributed by atoms with van der Waals surface area (Å²) >= 11 is 3.34. The monoisotopic (exact) mass is 414 g/mol. The molecule has 0 aliphatic carbocycles. The molecule has 1 aliphatic rings. The van der Waals surface area contributed by atoms with E-state index in [1.807, 2.05) is 27.7 Å². The predicted octanol–water partition coefficient (Wildman–Crippen LogP) is 3.60. The lowest BCUT2D eigenvalue weighted by Crippen LogP contribution is -2.56. The van der Waals surface area contributed by atoms with Crippen LogP contribution in [0.15, 0.2) is 22.7 Å². The van der Waals surface area contributed by atoms with Crippen LogP contribution in [0.5, 0.6) is 0 Å². The van der Waals surface area contributed by atoms with Crippen LogP contribution < -0.4 is 0 Å². The maximum absolute atomic E-state index is 13.4.